The predicted octanol–water partition coefficient (Wildman–Crippen LogP) is 1.48. The van der Waals surface area contributed by atoms with Crippen molar-refractivity contribution in [1.29, 1.82) is 0 Å². The molecule has 0 saturated heterocycles. The van der Waals surface area contributed by atoms with Gasteiger partial charge in [0, 0.05) is 11.3 Å². The molecule has 7 heteroatoms. The van der Waals surface area contributed by atoms with Crippen molar-refractivity contribution >= 4 is 29.1 Å². The van der Waals surface area contributed by atoms with E-state index >= 15 is 0 Å². The monoisotopic (exact) mass is 276 g/mol. The van der Waals surface area contributed by atoms with Crippen LogP contribution in [0, 0.1) is 0 Å². The molecule has 96 valence electrons. The molecule has 0 bridgehead atoms. The smallest absolute Gasteiger partial charge is 0.276 e. The Morgan fingerprint density at radius 2 is 1.95 bits per heavy atom. The Balaban J connectivity index is 2.17. The first-order valence-corrected chi connectivity index (χ1v) is 5.64. The number of amides is 2. The number of hydrogen-bond acceptors (Lipinski definition) is 4. The molecule has 0 aliphatic carbocycles. The van der Waals surface area contributed by atoms with E-state index in [4.69, 9.17) is 17.3 Å². The highest BCUT2D eigenvalue weighted by molar-refractivity contribution is 6.29. The van der Waals surface area contributed by atoms with Gasteiger partial charge in [0.2, 0.25) is 5.91 Å². The second-order valence-electron chi connectivity index (χ2n) is 3.64. The minimum Gasteiger partial charge on any atom is -0.366 e. The lowest BCUT2D eigenvalue weighted by Crippen LogP contribution is -2.15. The Labute approximate surface area is 113 Å². The fourth-order valence-corrected chi connectivity index (χ4v) is 1.48. The van der Waals surface area contributed by atoms with E-state index in [0.29, 0.717) is 11.3 Å². The number of carbonyl (C=O) groups excluding carboxylic acids is 2. The van der Waals surface area contributed by atoms with Crippen molar-refractivity contribution in [2.24, 2.45) is 5.73 Å². The summed E-state index contributed by atoms with van der Waals surface area (Å²) in [5, 5.41) is 10.00. The lowest BCUT2D eigenvalue weighted by atomic mass is 10.2. The number of anilines is 1. The summed E-state index contributed by atoms with van der Waals surface area (Å²) >= 11 is 5.58. The summed E-state index contributed by atoms with van der Waals surface area (Å²) in [6.45, 7) is 0. The maximum atomic E-state index is 11.8. The van der Waals surface area contributed by atoms with Crippen molar-refractivity contribution in [3.8, 4) is 0 Å². The number of carbonyl (C=O) groups is 2. The molecule has 1 aromatic heterocycles. The van der Waals surface area contributed by atoms with Crippen molar-refractivity contribution in [1.82, 2.24) is 10.2 Å². The van der Waals surface area contributed by atoms with Gasteiger partial charge >= 0.3 is 0 Å². The number of benzene rings is 1. The number of aromatic nitrogens is 2. The third-order valence-corrected chi connectivity index (χ3v) is 2.47. The van der Waals surface area contributed by atoms with Gasteiger partial charge in [-0.2, -0.15) is 0 Å². The van der Waals surface area contributed by atoms with Crippen molar-refractivity contribution in [2.75, 3.05) is 5.32 Å². The average molecular weight is 277 g/mol. The maximum Gasteiger partial charge on any atom is 0.276 e. The summed E-state index contributed by atoms with van der Waals surface area (Å²) in [6, 6.07) is 9.19. The number of primary amides is 1. The van der Waals surface area contributed by atoms with Gasteiger partial charge < -0.3 is 11.1 Å². The van der Waals surface area contributed by atoms with E-state index in [-0.39, 0.29) is 10.8 Å². The second kappa shape index (κ2) is 5.45. The molecule has 0 atom stereocenters. The van der Waals surface area contributed by atoms with Gasteiger partial charge in [0.05, 0.1) is 0 Å². The minimum atomic E-state index is -0.567. The molecule has 19 heavy (non-hydrogen) atoms. The number of halogens is 1. The third-order valence-electron chi connectivity index (χ3n) is 2.27. The van der Waals surface area contributed by atoms with Crippen molar-refractivity contribution in [3.05, 3.63) is 52.8 Å². The molecule has 1 aromatic carbocycles. The fraction of sp³-hybridized carbons (Fsp3) is 0. The molecule has 1 heterocycles. The van der Waals surface area contributed by atoms with E-state index in [2.05, 4.69) is 15.5 Å². The lowest BCUT2D eigenvalue weighted by molar-refractivity contribution is 0.0995. The summed E-state index contributed by atoms with van der Waals surface area (Å²) in [7, 11) is 0. The maximum absolute atomic E-state index is 11.8. The Morgan fingerprint density at radius 1 is 1.16 bits per heavy atom. The molecule has 0 aliphatic heterocycles. The third kappa shape index (κ3) is 3.26. The van der Waals surface area contributed by atoms with Crippen LogP contribution in [-0.2, 0) is 0 Å². The highest BCUT2D eigenvalue weighted by Crippen LogP contribution is 2.11. The van der Waals surface area contributed by atoms with Gasteiger partial charge in [0.25, 0.3) is 5.91 Å². The van der Waals surface area contributed by atoms with Crippen LogP contribution in [0.2, 0.25) is 5.15 Å². The zero-order valence-electron chi connectivity index (χ0n) is 9.63. The van der Waals surface area contributed by atoms with E-state index in [1.807, 2.05) is 0 Å². The number of nitrogens with zero attached hydrogens (tertiary/aromatic N) is 2. The highest BCUT2D eigenvalue weighted by Gasteiger charge is 2.09. The minimum absolute atomic E-state index is 0.119. The molecule has 6 nitrogen and oxygen atoms in total. The Kier molecular flexibility index (Phi) is 3.72. The SMILES string of the molecule is NC(=O)c1cccc(NC(=O)c2ccc(Cl)nn2)c1. The predicted molar refractivity (Wildman–Crippen MR) is 70.0 cm³/mol. The van der Waals surface area contributed by atoms with E-state index in [1.165, 1.54) is 18.2 Å². The van der Waals surface area contributed by atoms with Gasteiger partial charge in [-0.1, -0.05) is 17.7 Å². The summed E-state index contributed by atoms with van der Waals surface area (Å²) in [4.78, 5) is 22.9. The van der Waals surface area contributed by atoms with Gasteiger partial charge in [-0.15, -0.1) is 10.2 Å². The van der Waals surface area contributed by atoms with E-state index < -0.39 is 11.8 Å². The first-order chi connectivity index (χ1) is 9.06. The summed E-state index contributed by atoms with van der Waals surface area (Å²) in [5.41, 5.74) is 6.02. The van der Waals surface area contributed by atoms with Crippen LogP contribution in [0.4, 0.5) is 5.69 Å². The fourth-order valence-electron chi connectivity index (χ4n) is 1.38. The summed E-state index contributed by atoms with van der Waals surface area (Å²) < 4.78 is 0. The van der Waals surface area contributed by atoms with Crippen LogP contribution in [0.25, 0.3) is 0 Å². The number of nitrogens with one attached hydrogen (secondary N) is 1. The normalized spacial score (nSPS) is 9.95. The zero-order chi connectivity index (χ0) is 13.8. The topological polar surface area (TPSA) is 98.0 Å². The first-order valence-electron chi connectivity index (χ1n) is 5.27. The van der Waals surface area contributed by atoms with E-state index in [9.17, 15) is 9.59 Å². The van der Waals surface area contributed by atoms with Crippen LogP contribution in [0.15, 0.2) is 36.4 Å². The molecule has 0 radical (unpaired) electrons. The van der Waals surface area contributed by atoms with Crippen LogP contribution >= 0.6 is 11.6 Å². The van der Waals surface area contributed by atoms with Crippen molar-refractivity contribution in [2.45, 2.75) is 0 Å². The highest BCUT2D eigenvalue weighted by atomic mass is 35.5. The lowest BCUT2D eigenvalue weighted by Gasteiger charge is -2.05. The van der Waals surface area contributed by atoms with Gasteiger partial charge in [-0.3, -0.25) is 9.59 Å². The number of rotatable bonds is 3. The Hall–Kier alpha value is -2.47. The largest absolute Gasteiger partial charge is 0.366 e. The van der Waals surface area contributed by atoms with Crippen molar-refractivity contribution in [3.63, 3.8) is 0 Å². The molecule has 2 amide bonds. The standard InChI is InChI=1S/C12H9ClN4O2/c13-10-5-4-9(16-17-10)12(19)15-8-3-1-2-7(6-8)11(14)18/h1-6H,(H2,14,18)(H,15,19). The Bertz CT molecular complexity index is 628. The van der Waals surface area contributed by atoms with Crippen LogP contribution in [0.1, 0.15) is 20.8 Å². The molecule has 0 spiro atoms. The van der Waals surface area contributed by atoms with Crippen LogP contribution in [0.3, 0.4) is 0 Å². The average Bonchev–Trinajstić information content (AvgIpc) is 2.39. The van der Waals surface area contributed by atoms with E-state index in [0.717, 1.165) is 0 Å². The van der Waals surface area contributed by atoms with Crippen LogP contribution < -0.4 is 11.1 Å². The molecular formula is C12H9ClN4O2. The molecule has 0 unspecified atom stereocenters. The molecule has 0 fully saturated rings. The Morgan fingerprint density at radius 3 is 2.58 bits per heavy atom. The number of nitrogens with two attached hydrogens (primary N) is 1. The quantitative estimate of drug-likeness (QED) is 0.887. The first kappa shape index (κ1) is 13.0. The second-order valence-corrected chi connectivity index (χ2v) is 4.03. The van der Waals surface area contributed by atoms with Gasteiger partial charge in [-0.05, 0) is 30.3 Å². The van der Waals surface area contributed by atoms with Crippen LogP contribution in [-0.4, -0.2) is 22.0 Å². The summed E-state index contributed by atoms with van der Waals surface area (Å²) in [5.74, 6) is -1.02. The number of hydrogen-bond donors (Lipinski definition) is 2. The van der Waals surface area contributed by atoms with Crippen LogP contribution in [0.5, 0.6) is 0 Å². The molecule has 2 rings (SSSR count). The van der Waals surface area contributed by atoms with Crippen molar-refractivity contribution < 1.29 is 9.59 Å². The van der Waals surface area contributed by atoms with Gasteiger partial charge in [-0.25, -0.2) is 0 Å². The molecule has 2 aromatic rings. The zero-order valence-corrected chi connectivity index (χ0v) is 10.4. The molecular weight excluding hydrogens is 268 g/mol. The summed E-state index contributed by atoms with van der Waals surface area (Å²) in [6.07, 6.45) is 0. The molecule has 0 saturated carbocycles. The van der Waals surface area contributed by atoms with Gasteiger partial charge in [0.1, 0.15) is 0 Å². The van der Waals surface area contributed by atoms with E-state index in [1.54, 1.807) is 18.2 Å². The van der Waals surface area contributed by atoms with Gasteiger partial charge in [0.15, 0.2) is 10.8 Å². The molecule has 0 aliphatic rings. The molecule has 3 N–H and O–H groups in total.